The maximum absolute atomic E-state index is 2.33. The number of hydrogen-bond acceptors (Lipinski definition) is 1. The molecule has 2 rings (SSSR count). The summed E-state index contributed by atoms with van der Waals surface area (Å²) in [6.45, 7) is 13.2. The molecular weight excluding hydrogens is 242 g/mol. The molecule has 0 aromatic heterocycles. The van der Waals surface area contributed by atoms with Gasteiger partial charge < -0.3 is 4.90 Å². The topological polar surface area (TPSA) is 3.24 Å². The van der Waals surface area contributed by atoms with Gasteiger partial charge in [-0.15, -0.1) is 0 Å². The molecule has 2 aromatic rings. The zero-order valence-corrected chi connectivity index (χ0v) is 13.8. The minimum atomic E-state index is 1.28. The van der Waals surface area contributed by atoms with E-state index in [-0.39, 0.29) is 0 Å². The van der Waals surface area contributed by atoms with Crippen LogP contribution in [0.3, 0.4) is 0 Å². The molecule has 0 spiro atoms. The summed E-state index contributed by atoms with van der Waals surface area (Å²) in [6.07, 6.45) is 0. The lowest BCUT2D eigenvalue weighted by Gasteiger charge is -2.27. The van der Waals surface area contributed by atoms with Crippen LogP contribution in [0.1, 0.15) is 33.4 Å². The smallest absolute Gasteiger partial charge is 0.0472 e. The molecule has 0 fully saturated rings. The van der Waals surface area contributed by atoms with Crippen LogP contribution >= 0.6 is 0 Å². The molecule has 0 heterocycles. The molecule has 0 saturated heterocycles. The zero-order valence-electron chi connectivity index (χ0n) is 13.8. The van der Waals surface area contributed by atoms with Crippen molar-refractivity contribution in [2.75, 3.05) is 11.9 Å². The Balaban J connectivity index is 2.62. The summed E-state index contributed by atoms with van der Waals surface area (Å²) in [5.41, 5.74) is 10.7. The summed E-state index contributed by atoms with van der Waals surface area (Å²) in [4.78, 5) is 2.33. The van der Waals surface area contributed by atoms with Gasteiger partial charge >= 0.3 is 0 Å². The average molecular weight is 267 g/mol. The van der Waals surface area contributed by atoms with Gasteiger partial charge in [-0.05, 0) is 75.4 Å². The maximum Gasteiger partial charge on any atom is 0.0472 e. The van der Waals surface area contributed by atoms with Crippen LogP contribution in [0.2, 0.25) is 0 Å². The van der Waals surface area contributed by atoms with E-state index in [9.17, 15) is 0 Å². The van der Waals surface area contributed by atoms with Crippen molar-refractivity contribution < 1.29 is 0 Å². The van der Waals surface area contributed by atoms with Crippen LogP contribution in [0.15, 0.2) is 24.3 Å². The van der Waals surface area contributed by atoms with Crippen molar-refractivity contribution in [2.24, 2.45) is 0 Å². The van der Waals surface area contributed by atoms with Crippen LogP contribution < -0.4 is 4.90 Å². The molecule has 0 radical (unpaired) electrons. The fraction of sp³-hybridized carbons (Fsp3) is 0.368. The minimum absolute atomic E-state index is 1.28. The van der Waals surface area contributed by atoms with E-state index in [4.69, 9.17) is 0 Å². The summed E-state index contributed by atoms with van der Waals surface area (Å²) in [5.74, 6) is 0. The zero-order chi connectivity index (χ0) is 15.0. The highest BCUT2D eigenvalue weighted by molar-refractivity contribution is 5.73. The number of rotatable bonds is 2. The van der Waals surface area contributed by atoms with Crippen LogP contribution in [0.4, 0.5) is 11.4 Å². The molecule has 1 nitrogen and oxygen atoms in total. The normalized spacial score (nSPS) is 10.8. The third kappa shape index (κ3) is 2.45. The Bertz CT molecular complexity index is 627. The highest BCUT2D eigenvalue weighted by atomic mass is 15.1. The van der Waals surface area contributed by atoms with Gasteiger partial charge in [0, 0.05) is 18.4 Å². The summed E-state index contributed by atoms with van der Waals surface area (Å²) in [7, 11) is 2.17. The van der Waals surface area contributed by atoms with Crippen LogP contribution in [0.5, 0.6) is 0 Å². The molecule has 0 amide bonds. The number of anilines is 2. The Morgan fingerprint density at radius 1 is 0.700 bits per heavy atom. The third-order valence-electron chi connectivity index (χ3n) is 4.38. The number of aryl methyl sites for hydroxylation is 4. The van der Waals surface area contributed by atoms with E-state index < -0.39 is 0 Å². The second kappa shape index (κ2) is 5.32. The first kappa shape index (κ1) is 14.6. The molecule has 1 heteroatoms. The number of benzene rings is 2. The first-order valence-corrected chi connectivity index (χ1v) is 7.21. The van der Waals surface area contributed by atoms with Crippen molar-refractivity contribution in [3.8, 4) is 0 Å². The SMILES string of the molecule is Cc1ccc(N(C)c2c(C)c(C)cc(C)c2C)c(C)c1. The van der Waals surface area contributed by atoms with Gasteiger partial charge in [0.25, 0.3) is 0 Å². The lowest BCUT2D eigenvalue weighted by Crippen LogP contribution is -2.15. The number of nitrogens with zero attached hydrogens (tertiary/aromatic N) is 1. The predicted molar refractivity (Wildman–Crippen MR) is 89.4 cm³/mol. The first-order chi connectivity index (χ1) is 9.32. The Labute approximate surface area is 123 Å². The van der Waals surface area contributed by atoms with Crippen molar-refractivity contribution in [3.05, 3.63) is 57.6 Å². The van der Waals surface area contributed by atoms with Crippen LogP contribution in [-0.2, 0) is 0 Å². The highest BCUT2D eigenvalue weighted by Gasteiger charge is 2.15. The van der Waals surface area contributed by atoms with E-state index in [2.05, 4.69) is 77.8 Å². The van der Waals surface area contributed by atoms with E-state index in [1.54, 1.807) is 0 Å². The van der Waals surface area contributed by atoms with Gasteiger partial charge in [-0.2, -0.15) is 0 Å². The summed E-state index contributed by atoms with van der Waals surface area (Å²) in [6, 6.07) is 8.94. The Morgan fingerprint density at radius 3 is 1.75 bits per heavy atom. The van der Waals surface area contributed by atoms with Crippen LogP contribution in [0, 0.1) is 41.5 Å². The summed E-state index contributed by atoms with van der Waals surface area (Å²) < 4.78 is 0. The van der Waals surface area contributed by atoms with Crippen LogP contribution in [-0.4, -0.2) is 7.05 Å². The lowest BCUT2D eigenvalue weighted by atomic mass is 9.97. The van der Waals surface area contributed by atoms with Crippen molar-refractivity contribution in [1.29, 1.82) is 0 Å². The standard InChI is InChI=1S/C19H25N/c1-12-8-9-18(15(4)10-12)20(7)19-16(5)13(2)11-14(3)17(19)6/h8-11H,1-7H3. The fourth-order valence-electron chi connectivity index (χ4n) is 3.00. The molecule has 2 aromatic carbocycles. The molecular formula is C19H25N. The van der Waals surface area contributed by atoms with Gasteiger partial charge in [-0.25, -0.2) is 0 Å². The molecule has 0 aliphatic rings. The van der Waals surface area contributed by atoms with E-state index >= 15 is 0 Å². The lowest BCUT2D eigenvalue weighted by molar-refractivity contribution is 1.11. The van der Waals surface area contributed by atoms with Gasteiger partial charge in [-0.1, -0.05) is 23.8 Å². The molecule has 0 atom stereocenters. The van der Waals surface area contributed by atoms with Crippen molar-refractivity contribution >= 4 is 11.4 Å². The average Bonchev–Trinajstić information content (AvgIpc) is 2.36. The van der Waals surface area contributed by atoms with E-state index in [0.717, 1.165) is 0 Å². The second-order valence-electron chi connectivity index (χ2n) is 5.96. The molecule has 106 valence electrons. The van der Waals surface area contributed by atoms with Crippen molar-refractivity contribution in [1.82, 2.24) is 0 Å². The molecule has 20 heavy (non-hydrogen) atoms. The van der Waals surface area contributed by atoms with Gasteiger partial charge in [0.2, 0.25) is 0 Å². The Kier molecular flexibility index (Phi) is 3.89. The highest BCUT2D eigenvalue weighted by Crippen LogP contribution is 2.35. The molecule has 0 bridgehead atoms. The monoisotopic (exact) mass is 267 g/mol. The molecule has 0 saturated carbocycles. The minimum Gasteiger partial charge on any atom is -0.344 e. The summed E-state index contributed by atoms with van der Waals surface area (Å²) in [5, 5.41) is 0. The maximum atomic E-state index is 2.33. The second-order valence-corrected chi connectivity index (χ2v) is 5.96. The van der Waals surface area contributed by atoms with Crippen molar-refractivity contribution in [3.63, 3.8) is 0 Å². The van der Waals surface area contributed by atoms with E-state index in [1.165, 1.54) is 44.8 Å². The quantitative estimate of drug-likeness (QED) is 0.713. The molecule has 0 aliphatic heterocycles. The molecule has 0 aliphatic carbocycles. The van der Waals surface area contributed by atoms with Gasteiger partial charge in [0.15, 0.2) is 0 Å². The Hall–Kier alpha value is -1.76. The first-order valence-electron chi connectivity index (χ1n) is 7.21. The van der Waals surface area contributed by atoms with Gasteiger partial charge in [-0.3, -0.25) is 0 Å². The molecule has 0 N–H and O–H groups in total. The molecule has 0 unspecified atom stereocenters. The third-order valence-corrected chi connectivity index (χ3v) is 4.38. The van der Waals surface area contributed by atoms with Crippen LogP contribution in [0.25, 0.3) is 0 Å². The Morgan fingerprint density at radius 2 is 1.25 bits per heavy atom. The van der Waals surface area contributed by atoms with Crippen molar-refractivity contribution in [2.45, 2.75) is 41.5 Å². The summed E-state index contributed by atoms with van der Waals surface area (Å²) >= 11 is 0. The fourth-order valence-corrected chi connectivity index (χ4v) is 3.00. The van der Waals surface area contributed by atoms with Gasteiger partial charge in [0.1, 0.15) is 0 Å². The van der Waals surface area contributed by atoms with E-state index in [1.807, 2.05) is 0 Å². The number of hydrogen-bond donors (Lipinski definition) is 0. The van der Waals surface area contributed by atoms with E-state index in [0.29, 0.717) is 0 Å². The van der Waals surface area contributed by atoms with Gasteiger partial charge in [0.05, 0.1) is 0 Å². The predicted octanol–water partition coefficient (Wildman–Crippen LogP) is 5.31. The largest absolute Gasteiger partial charge is 0.344 e.